The van der Waals surface area contributed by atoms with Crippen LogP contribution in [-0.2, 0) is 16.0 Å². The van der Waals surface area contributed by atoms with Crippen molar-refractivity contribution in [2.75, 3.05) is 13.7 Å². The number of likely N-dealkylation sites (tertiary alicyclic amines) is 1. The number of hydrogen-bond donors (Lipinski definition) is 1. The molecule has 1 aromatic carbocycles. The predicted molar refractivity (Wildman–Crippen MR) is 78.2 cm³/mol. The summed E-state index contributed by atoms with van der Waals surface area (Å²) in [5.41, 5.74) is 1.04. The van der Waals surface area contributed by atoms with Crippen molar-refractivity contribution >= 4 is 11.9 Å². The minimum Gasteiger partial charge on any atom is -0.497 e. The van der Waals surface area contributed by atoms with Crippen LogP contribution in [0.3, 0.4) is 0 Å². The third kappa shape index (κ3) is 3.54. The lowest BCUT2D eigenvalue weighted by Gasteiger charge is -2.25. The molecular weight excluding hydrogens is 270 g/mol. The molecule has 1 unspecified atom stereocenters. The zero-order valence-corrected chi connectivity index (χ0v) is 12.4. The van der Waals surface area contributed by atoms with Crippen LogP contribution in [0.5, 0.6) is 5.75 Å². The number of ether oxygens (including phenoxy) is 1. The van der Waals surface area contributed by atoms with Gasteiger partial charge in [0.05, 0.1) is 7.11 Å². The molecule has 1 heterocycles. The maximum absolute atomic E-state index is 12.4. The van der Waals surface area contributed by atoms with Gasteiger partial charge in [0.1, 0.15) is 11.8 Å². The smallest absolute Gasteiger partial charge is 0.326 e. The molecule has 2 atom stereocenters. The van der Waals surface area contributed by atoms with E-state index in [0.717, 1.165) is 17.7 Å². The van der Waals surface area contributed by atoms with Crippen LogP contribution < -0.4 is 4.74 Å². The Bertz CT molecular complexity index is 512. The molecule has 0 saturated carbocycles. The Balaban J connectivity index is 2.00. The number of carboxylic acid groups (broad SMARTS) is 1. The first kappa shape index (κ1) is 15.4. The molecule has 1 fully saturated rings. The maximum atomic E-state index is 12.4. The molecule has 1 aromatic rings. The standard InChI is InChI=1S/C16H21NO4/c1-11(10-12-5-7-13(21-2)8-6-12)15(18)17-9-3-4-14(17)16(19)20/h5-8,11,14H,3-4,9-10H2,1-2H3,(H,19,20)/t11?,14-/m0/s1. The van der Waals surface area contributed by atoms with Gasteiger partial charge in [0.2, 0.25) is 5.91 Å². The van der Waals surface area contributed by atoms with Crippen molar-refractivity contribution in [3.8, 4) is 5.75 Å². The number of carbonyl (C=O) groups is 2. The lowest BCUT2D eigenvalue weighted by Crippen LogP contribution is -2.43. The van der Waals surface area contributed by atoms with E-state index in [1.165, 1.54) is 4.90 Å². The second-order valence-electron chi connectivity index (χ2n) is 5.48. The zero-order valence-electron chi connectivity index (χ0n) is 12.4. The molecule has 2 rings (SSSR count). The van der Waals surface area contributed by atoms with Gasteiger partial charge in [-0.25, -0.2) is 4.79 Å². The summed E-state index contributed by atoms with van der Waals surface area (Å²) in [4.78, 5) is 25.1. The van der Waals surface area contributed by atoms with Gasteiger partial charge in [-0.1, -0.05) is 19.1 Å². The molecule has 1 saturated heterocycles. The summed E-state index contributed by atoms with van der Waals surface area (Å²) < 4.78 is 5.10. The summed E-state index contributed by atoms with van der Waals surface area (Å²) in [7, 11) is 1.61. The number of hydrogen-bond acceptors (Lipinski definition) is 3. The van der Waals surface area contributed by atoms with E-state index in [-0.39, 0.29) is 11.8 Å². The topological polar surface area (TPSA) is 66.8 Å². The minimum atomic E-state index is -0.905. The van der Waals surface area contributed by atoms with Crippen molar-refractivity contribution < 1.29 is 19.4 Å². The Kier molecular flexibility index (Phi) is 4.83. The van der Waals surface area contributed by atoms with Crippen LogP contribution in [0.4, 0.5) is 0 Å². The number of amides is 1. The summed E-state index contributed by atoms with van der Waals surface area (Å²) in [6, 6.07) is 6.93. The summed E-state index contributed by atoms with van der Waals surface area (Å²) in [5, 5.41) is 9.15. The SMILES string of the molecule is COc1ccc(CC(C)C(=O)N2CCC[C@H]2C(=O)O)cc1. The van der Waals surface area contributed by atoms with Crippen LogP contribution in [0, 0.1) is 5.92 Å². The average Bonchev–Trinajstić information content (AvgIpc) is 2.96. The van der Waals surface area contributed by atoms with Crippen LogP contribution in [-0.4, -0.2) is 41.6 Å². The van der Waals surface area contributed by atoms with E-state index in [4.69, 9.17) is 9.84 Å². The second-order valence-corrected chi connectivity index (χ2v) is 5.48. The van der Waals surface area contributed by atoms with Crippen LogP contribution in [0.2, 0.25) is 0 Å². The van der Waals surface area contributed by atoms with Gasteiger partial charge in [-0.3, -0.25) is 4.79 Å². The van der Waals surface area contributed by atoms with Gasteiger partial charge in [0.25, 0.3) is 0 Å². The number of methoxy groups -OCH3 is 1. The van der Waals surface area contributed by atoms with Gasteiger partial charge in [-0.15, -0.1) is 0 Å². The lowest BCUT2D eigenvalue weighted by atomic mass is 9.99. The van der Waals surface area contributed by atoms with Crippen LogP contribution in [0.1, 0.15) is 25.3 Å². The molecule has 1 aliphatic heterocycles. The molecule has 0 radical (unpaired) electrons. The number of aliphatic carboxylic acids is 1. The van der Waals surface area contributed by atoms with Crippen molar-refractivity contribution in [2.24, 2.45) is 5.92 Å². The Morgan fingerprint density at radius 1 is 1.38 bits per heavy atom. The van der Waals surface area contributed by atoms with Crippen molar-refractivity contribution in [3.63, 3.8) is 0 Å². The molecule has 21 heavy (non-hydrogen) atoms. The van der Waals surface area contributed by atoms with E-state index in [1.54, 1.807) is 7.11 Å². The van der Waals surface area contributed by atoms with Gasteiger partial charge >= 0.3 is 5.97 Å². The number of carbonyl (C=O) groups excluding carboxylic acids is 1. The Morgan fingerprint density at radius 2 is 2.05 bits per heavy atom. The maximum Gasteiger partial charge on any atom is 0.326 e. The van der Waals surface area contributed by atoms with E-state index in [0.29, 0.717) is 19.4 Å². The highest BCUT2D eigenvalue weighted by Gasteiger charge is 2.35. The Morgan fingerprint density at radius 3 is 2.62 bits per heavy atom. The average molecular weight is 291 g/mol. The normalized spacial score (nSPS) is 19.3. The first-order valence-electron chi connectivity index (χ1n) is 7.19. The summed E-state index contributed by atoms with van der Waals surface area (Å²) >= 11 is 0. The molecule has 0 spiro atoms. The molecule has 114 valence electrons. The third-order valence-electron chi connectivity index (χ3n) is 3.94. The number of carboxylic acids is 1. The van der Waals surface area contributed by atoms with Crippen LogP contribution in [0.25, 0.3) is 0 Å². The summed E-state index contributed by atoms with van der Waals surface area (Å²) in [6.45, 7) is 2.40. The van der Waals surface area contributed by atoms with Gasteiger partial charge < -0.3 is 14.7 Å². The van der Waals surface area contributed by atoms with Gasteiger partial charge in [-0.05, 0) is 37.0 Å². The van der Waals surface area contributed by atoms with Gasteiger partial charge in [0.15, 0.2) is 0 Å². The predicted octanol–water partition coefficient (Wildman–Crippen LogP) is 1.95. The van der Waals surface area contributed by atoms with Gasteiger partial charge in [0, 0.05) is 12.5 Å². The first-order valence-corrected chi connectivity index (χ1v) is 7.19. The number of nitrogens with zero attached hydrogens (tertiary/aromatic N) is 1. The molecule has 1 aliphatic rings. The Hall–Kier alpha value is -2.04. The highest BCUT2D eigenvalue weighted by Crippen LogP contribution is 2.22. The molecule has 1 amide bonds. The fourth-order valence-electron chi connectivity index (χ4n) is 2.77. The molecule has 0 aromatic heterocycles. The largest absolute Gasteiger partial charge is 0.497 e. The molecule has 0 aliphatic carbocycles. The Labute approximate surface area is 124 Å². The second kappa shape index (κ2) is 6.61. The molecule has 5 nitrogen and oxygen atoms in total. The third-order valence-corrected chi connectivity index (χ3v) is 3.94. The zero-order chi connectivity index (χ0) is 15.4. The molecule has 5 heteroatoms. The van der Waals surface area contributed by atoms with Crippen LogP contribution in [0.15, 0.2) is 24.3 Å². The van der Waals surface area contributed by atoms with E-state index in [1.807, 2.05) is 31.2 Å². The van der Waals surface area contributed by atoms with E-state index in [9.17, 15) is 9.59 Å². The lowest BCUT2D eigenvalue weighted by molar-refractivity contribution is -0.149. The van der Waals surface area contributed by atoms with E-state index >= 15 is 0 Å². The highest BCUT2D eigenvalue weighted by molar-refractivity contribution is 5.85. The van der Waals surface area contributed by atoms with Crippen molar-refractivity contribution in [1.82, 2.24) is 4.90 Å². The molecular formula is C16H21NO4. The highest BCUT2D eigenvalue weighted by atomic mass is 16.5. The van der Waals surface area contributed by atoms with E-state index in [2.05, 4.69) is 0 Å². The van der Waals surface area contributed by atoms with Crippen molar-refractivity contribution in [2.45, 2.75) is 32.2 Å². The number of benzene rings is 1. The monoisotopic (exact) mass is 291 g/mol. The molecule has 0 bridgehead atoms. The fraction of sp³-hybridized carbons (Fsp3) is 0.500. The fourth-order valence-corrected chi connectivity index (χ4v) is 2.77. The van der Waals surface area contributed by atoms with Crippen molar-refractivity contribution in [3.05, 3.63) is 29.8 Å². The minimum absolute atomic E-state index is 0.0734. The number of rotatable bonds is 5. The van der Waals surface area contributed by atoms with Gasteiger partial charge in [-0.2, -0.15) is 0 Å². The van der Waals surface area contributed by atoms with Crippen LogP contribution >= 0.6 is 0 Å². The molecule has 1 N–H and O–H groups in total. The first-order chi connectivity index (χ1) is 10.0. The summed E-state index contributed by atoms with van der Waals surface area (Å²) in [6.07, 6.45) is 1.92. The quantitative estimate of drug-likeness (QED) is 0.900. The van der Waals surface area contributed by atoms with E-state index < -0.39 is 12.0 Å². The van der Waals surface area contributed by atoms with Crippen molar-refractivity contribution in [1.29, 1.82) is 0 Å². The summed E-state index contributed by atoms with van der Waals surface area (Å²) in [5.74, 6) is -0.422.